The number of rotatable bonds is 2. The summed E-state index contributed by atoms with van der Waals surface area (Å²) >= 11 is 0. The summed E-state index contributed by atoms with van der Waals surface area (Å²) in [6, 6.07) is 52.0. The Morgan fingerprint density at radius 1 is 0.400 bits per heavy atom. The number of fused-ring (bicyclic) bond motifs is 6. The van der Waals surface area contributed by atoms with Crippen LogP contribution in [0.4, 0.5) is 17.1 Å². The van der Waals surface area contributed by atoms with Crippen LogP contribution >= 0.6 is 0 Å². The molecule has 0 spiro atoms. The molecule has 0 amide bonds. The van der Waals surface area contributed by atoms with Crippen LogP contribution in [0.3, 0.4) is 0 Å². The molecule has 0 N–H and O–H groups in total. The zero-order valence-corrected chi connectivity index (χ0v) is 26.2. The molecule has 45 heavy (non-hydrogen) atoms. The van der Waals surface area contributed by atoms with E-state index >= 15 is 0 Å². The summed E-state index contributed by atoms with van der Waals surface area (Å²) in [6.45, 7) is 9.54. The first kappa shape index (κ1) is 26.3. The topological polar surface area (TPSA) is 3.24 Å². The summed E-state index contributed by atoms with van der Waals surface area (Å²) in [7, 11) is 0. The lowest BCUT2D eigenvalue weighted by Crippen LogP contribution is -2.38. The number of benzene rings is 7. The molecule has 7 aromatic rings. The van der Waals surface area contributed by atoms with Gasteiger partial charge in [-0.05, 0) is 90.3 Å². The molecule has 0 bridgehead atoms. The van der Waals surface area contributed by atoms with Crippen molar-refractivity contribution in [1.29, 1.82) is 0 Å². The van der Waals surface area contributed by atoms with Crippen LogP contribution in [0.25, 0.3) is 43.8 Å². The highest BCUT2D eigenvalue weighted by Gasteiger charge is 2.45. The van der Waals surface area contributed by atoms with Crippen molar-refractivity contribution in [2.75, 3.05) is 4.90 Å². The standard InChI is InChI=1S/C44H35N/c1-43(2)36-16-9-10-19-40(36)45-41-25-22-31(27-39(41)44(3,4)38-18-11-17-37(43)42(38)45)33-24-23-32(34-14-7-8-15-35(33)34)30-21-20-28-12-5-6-13-29(28)26-30/h5-27H,1-4H3. The zero-order chi connectivity index (χ0) is 30.5. The maximum Gasteiger partial charge on any atom is 0.0543 e. The molecule has 2 aliphatic heterocycles. The first-order valence-corrected chi connectivity index (χ1v) is 16.0. The monoisotopic (exact) mass is 577 g/mol. The van der Waals surface area contributed by atoms with E-state index in [1.807, 2.05) is 0 Å². The molecule has 1 nitrogen and oxygen atoms in total. The van der Waals surface area contributed by atoms with Gasteiger partial charge in [-0.3, -0.25) is 0 Å². The van der Waals surface area contributed by atoms with E-state index in [2.05, 4.69) is 172 Å². The zero-order valence-electron chi connectivity index (χ0n) is 26.2. The highest BCUT2D eigenvalue weighted by molar-refractivity contribution is 6.06. The summed E-state index contributed by atoms with van der Waals surface area (Å²) < 4.78 is 0. The molecule has 7 aromatic carbocycles. The van der Waals surface area contributed by atoms with Crippen molar-refractivity contribution in [3.8, 4) is 22.3 Å². The smallest absolute Gasteiger partial charge is 0.0543 e. The molecule has 0 radical (unpaired) electrons. The highest BCUT2D eigenvalue weighted by Crippen LogP contribution is 2.60. The maximum absolute atomic E-state index is 2.54. The normalized spacial score (nSPS) is 15.4. The molecule has 0 fully saturated rings. The van der Waals surface area contributed by atoms with Crippen LogP contribution in [-0.2, 0) is 10.8 Å². The lowest BCUT2D eigenvalue weighted by atomic mass is 9.66. The Balaban J connectivity index is 1.24. The van der Waals surface area contributed by atoms with Crippen molar-refractivity contribution in [3.63, 3.8) is 0 Å². The van der Waals surface area contributed by atoms with E-state index in [0.717, 1.165) is 0 Å². The van der Waals surface area contributed by atoms with Crippen molar-refractivity contribution in [2.24, 2.45) is 0 Å². The van der Waals surface area contributed by atoms with Gasteiger partial charge in [-0.25, -0.2) is 0 Å². The predicted molar refractivity (Wildman–Crippen MR) is 191 cm³/mol. The van der Waals surface area contributed by atoms with E-state index in [0.29, 0.717) is 0 Å². The minimum absolute atomic E-state index is 0.0718. The molecule has 2 heterocycles. The van der Waals surface area contributed by atoms with Crippen LogP contribution in [-0.4, -0.2) is 0 Å². The highest BCUT2D eigenvalue weighted by atomic mass is 15.2. The summed E-state index contributed by atoms with van der Waals surface area (Å²) in [5.74, 6) is 0. The molecule has 1 heteroatoms. The molecule has 0 saturated carbocycles. The first-order chi connectivity index (χ1) is 21.8. The van der Waals surface area contributed by atoms with E-state index in [1.54, 1.807) is 0 Å². The van der Waals surface area contributed by atoms with Gasteiger partial charge in [0.05, 0.1) is 17.1 Å². The molecular formula is C44H35N. The Hall–Kier alpha value is -5.14. The molecule has 0 atom stereocenters. The molecule has 0 saturated heterocycles. The Bertz CT molecular complexity index is 2340. The number of anilines is 3. The minimum atomic E-state index is -0.156. The second-order valence-electron chi connectivity index (χ2n) is 13.8. The molecule has 0 unspecified atom stereocenters. The third-order valence-corrected chi connectivity index (χ3v) is 10.6. The Morgan fingerprint density at radius 2 is 0.933 bits per heavy atom. The number of hydrogen-bond donors (Lipinski definition) is 0. The Kier molecular flexibility index (Phi) is 5.37. The van der Waals surface area contributed by atoms with Gasteiger partial charge in [0, 0.05) is 10.8 Å². The van der Waals surface area contributed by atoms with E-state index in [1.165, 1.54) is 83.1 Å². The fraction of sp³-hybridized carbons (Fsp3) is 0.136. The number of nitrogens with zero attached hydrogens (tertiary/aromatic N) is 1. The van der Waals surface area contributed by atoms with Crippen LogP contribution in [0.2, 0.25) is 0 Å². The van der Waals surface area contributed by atoms with Crippen molar-refractivity contribution < 1.29 is 0 Å². The van der Waals surface area contributed by atoms with Crippen molar-refractivity contribution >= 4 is 38.6 Å². The van der Waals surface area contributed by atoms with E-state index in [9.17, 15) is 0 Å². The molecular weight excluding hydrogens is 542 g/mol. The van der Waals surface area contributed by atoms with Gasteiger partial charge in [0.2, 0.25) is 0 Å². The van der Waals surface area contributed by atoms with Crippen LogP contribution < -0.4 is 4.90 Å². The average Bonchev–Trinajstić information content (AvgIpc) is 3.07. The number of para-hydroxylation sites is 2. The van der Waals surface area contributed by atoms with E-state index in [-0.39, 0.29) is 10.8 Å². The molecule has 0 aliphatic carbocycles. The van der Waals surface area contributed by atoms with Crippen LogP contribution in [0, 0.1) is 0 Å². The second kappa shape index (κ2) is 9.19. The van der Waals surface area contributed by atoms with Crippen molar-refractivity contribution in [3.05, 3.63) is 162 Å². The van der Waals surface area contributed by atoms with Crippen molar-refractivity contribution in [1.82, 2.24) is 0 Å². The molecule has 0 aromatic heterocycles. The second-order valence-corrected chi connectivity index (χ2v) is 13.8. The summed E-state index contributed by atoms with van der Waals surface area (Å²) in [5, 5.41) is 5.10. The molecule has 9 rings (SSSR count). The lowest BCUT2D eigenvalue weighted by Gasteiger charge is -2.49. The van der Waals surface area contributed by atoms with E-state index < -0.39 is 0 Å². The Labute approximate surface area is 265 Å². The van der Waals surface area contributed by atoms with E-state index in [4.69, 9.17) is 0 Å². The first-order valence-electron chi connectivity index (χ1n) is 16.0. The SMILES string of the molecule is CC1(C)c2ccccc2N2c3ccc(-c4ccc(-c5ccc6ccccc6c5)c5ccccc45)cc3C(C)(C)c3cccc1c32. The molecule has 216 valence electrons. The summed E-state index contributed by atoms with van der Waals surface area (Å²) in [4.78, 5) is 2.54. The van der Waals surface area contributed by atoms with Gasteiger partial charge >= 0.3 is 0 Å². The number of hydrogen-bond acceptors (Lipinski definition) is 1. The predicted octanol–water partition coefficient (Wildman–Crippen LogP) is 12.1. The van der Waals surface area contributed by atoms with Crippen LogP contribution in [0.15, 0.2) is 140 Å². The van der Waals surface area contributed by atoms with Gasteiger partial charge in [-0.15, -0.1) is 0 Å². The summed E-state index contributed by atoms with van der Waals surface area (Å²) in [6.07, 6.45) is 0. The maximum atomic E-state index is 2.54. The third-order valence-electron chi connectivity index (χ3n) is 10.6. The molecule has 2 aliphatic rings. The van der Waals surface area contributed by atoms with Crippen LogP contribution in [0.5, 0.6) is 0 Å². The van der Waals surface area contributed by atoms with Gasteiger partial charge in [-0.2, -0.15) is 0 Å². The lowest BCUT2D eigenvalue weighted by molar-refractivity contribution is 0.597. The van der Waals surface area contributed by atoms with Crippen molar-refractivity contribution in [2.45, 2.75) is 38.5 Å². The Morgan fingerprint density at radius 3 is 1.67 bits per heavy atom. The largest absolute Gasteiger partial charge is 0.309 e. The van der Waals surface area contributed by atoms with Crippen LogP contribution in [0.1, 0.15) is 49.9 Å². The van der Waals surface area contributed by atoms with Gasteiger partial charge in [0.25, 0.3) is 0 Å². The third kappa shape index (κ3) is 3.61. The van der Waals surface area contributed by atoms with Gasteiger partial charge in [0.15, 0.2) is 0 Å². The minimum Gasteiger partial charge on any atom is -0.309 e. The average molecular weight is 578 g/mol. The fourth-order valence-electron chi connectivity index (χ4n) is 8.21. The van der Waals surface area contributed by atoms with Gasteiger partial charge in [-0.1, -0.05) is 143 Å². The quantitative estimate of drug-likeness (QED) is 0.198. The van der Waals surface area contributed by atoms with Gasteiger partial charge < -0.3 is 4.90 Å². The fourth-order valence-corrected chi connectivity index (χ4v) is 8.21. The van der Waals surface area contributed by atoms with Gasteiger partial charge in [0.1, 0.15) is 0 Å². The summed E-state index contributed by atoms with van der Waals surface area (Å²) in [5.41, 5.74) is 14.3.